The maximum atomic E-state index is 12.9. The number of carbonyl (C=O) groups is 4. The maximum absolute atomic E-state index is 12.9. The van der Waals surface area contributed by atoms with Gasteiger partial charge in [0.25, 0.3) is 20.2 Å². The van der Waals surface area contributed by atoms with E-state index in [0.717, 1.165) is 60.7 Å². The Morgan fingerprint density at radius 3 is 1.13 bits per heavy atom. The van der Waals surface area contributed by atoms with Crippen molar-refractivity contribution in [3.8, 4) is 11.5 Å². The Hall–Kier alpha value is -10.9. The van der Waals surface area contributed by atoms with Crippen LogP contribution in [0.3, 0.4) is 0 Å². The van der Waals surface area contributed by atoms with Gasteiger partial charge in [-0.1, -0.05) is 0 Å². The van der Waals surface area contributed by atoms with Crippen LogP contribution in [0.15, 0.2) is 103 Å². The van der Waals surface area contributed by atoms with Gasteiger partial charge in [0.2, 0.25) is 35.7 Å². The summed E-state index contributed by atoms with van der Waals surface area (Å²) in [6.45, 7) is 9.83. The molecular weight excluding hydrogens is 1270 g/mol. The predicted octanol–water partition coefficient (Wildman–Crippen LogP) is 7.77. The number of fused-ring (bicyclic) bond motifs is 2. The number of aromatic carboxylic acids is 4. The molecule has 0 amide bonds. The summed E-state index contributed by atoms with van der Waals surface area (Å²) in [6.07, 6.45) is 0. The zero-order chi connectivity index (χ0) is 67.2. The van der Waals surface area contributed by atoms with E-state index < -0.39 is 99.7 Å². The van der Waals surface area contributed by atoms with Crippen molar-refractivity contribution in [2.75, 3.05) is 95.9 Å². The van der Waals surface area contributed by atoms with Crippen molar-refractivity contribution in [2.24, 2.45) is 20.5 Å². The Labute approximate surface area is 532 Å². The van der Waals surface area contributed by atoms with Crippen molar-refractivity contribution in [3.63, 3.8) is 0 Å². The fraction of sp³-hybridized carbons (Fsp3) is 0.276. The molecule has 0 saturated carbocycles. The topological polar surface area (TPSA) is 481 Å². The summed E-state index contributed by atoms with van der Waals surface area (Å²) in [4.78, 5) is 82.8. The van der Waals surface area contributed by atoms with E-state index in [1.54, 1.807) is 0 Å². The third kappa shape index (κ3) is 13.7. The minimum atomic E-state index is -4.92. The highest BCUT2D eigenvalue weighted by Crippen LogP contribution is 2.46. The van der Waals surface area contributed by atoms with Crippen LogP contribution in [0.5, 0.6) is 11.5 Å². The zero-order valence-electron chi connectivity index (χ0n) is 49.9. The second-order valence-electron chi connectivity index (χ2n) is 22.0. The largest absolute Gasteiger partial charge is 0.505 e. The van der Waals surface area contributed by atoms with Crippen molar-refractivity contribution < 1.29 is 85.2 Å². The van der Waals surface area contributed by atoms with Gasteiger partial charge in [-0.05, 0) is 122 Å². The van der Waals surface area contributed by atoms with Gasteiger partial charge in [0.15, 0.2) is 11.5 Å². The fourth-order valence-electron chi connectivity index (χ4n) is 10.8. The van der Waals surface area contributed by atoms with Crippen LogP contribution in [0.1, 0.15) is 66.4 Å². The number of nitrogens with zero attached hydrogens (tertiary/aromatic N) is 14. The first-order valence-corrected chi connectivity index (χ1v) is 31.3. The summed E-state index contributed by atoms with van der Waals surface area (Å²) < 4.78 is 83.5. The Kier molecular flexibility index (Phi) is 17.6. The highest BCUT2D eigenvalue weighted by molar-refractivity contribution is 7.86. The lowest BCUT2D eigenvalue weighted by Crippen LogP contribution is -2.58. The van der Waals surface area contributed by atoms with Crippen LogP contribution < -0.4 is 30.2 Å². The van der Waals surface area contributed by atoms with Crippen LogP contribution in [0, 0.1) is 13.8 Å². The smallest absolute Gasteiger partial charge is 0.335 e. The molecule has 0 spiro atoms. The molecule has 34 nitrogen and oxygen atoms in total. The van der Waals surface area contributed by atoms with E-state index in [4.69, 9.17) is 39.4 Å². The highest BCUT2D eigenvalue weighted by atomic mass is 32.2. The number of rotatable bonds is 18. The first-order valence-electron chi connectivity index (χ1n) is 28.4. The molecule has 2 atom stereocenters. The molecule has 94 heavy (non-hydrogen) atoms. The molecule has 0 aliphatic carbocycles. The molecule has 2 aromatic heterocycles. The van der Waals surface area contributed by atoms with Crippen LogP contribution >= 0.6 is 0 Å². The Balaban J connectivity index is 0.957. The number of morpholine rings is 2. The second kappa shape index (κ2) is 25.6. The number of carboxylic acids is 4. The molecule has 3 fully saturated rings. The third-order valence-electron chi connectivity index (χ3n) is 15.5. The van der Waals surface area contributed by atoms with Crippen molar-refractivity contribution >= 4 is 135 Å². The van der Waals surface area contributed by atoms with Gasteiger partial charge in [-0.3, -0.25) is 9.11 Å². The minimum absolute atomic E-state index is 0.0511. The number of hydrogen-bond acceptors (Lipinski definition) is 28. The van der Waals surface area contributed by atoms with E-state index >= 15 is 0 Å². The summed E-state index contributed by atoms with van der Waals surface area (Å²) >= 11 is 0. The molecule has 36 heteroatoms. The van der Waals surface area contributed by atoms with E-state index in [1.165, 1.54) is 26.0 Å². The number of phenols is 2. The zero-order valence-corrected chi connectivity index (χ0v) is 51.5. The first kappa shape index (κ1) is 64.6. The summed E-state index contributed by atoms with van der Waals surface area (Å²) in [5, 5.41) is 85.4. The Morgan fingerprint density at radius 2 is 0.809 bits per heavy atom. The third-order valence-corrected chi connectivity index (χ3v) is 17.1. The number of azo groups is 2. The molecular formula is C58H56N16O18S2. The molecule has 3 aliphatic heterocycles. The van der Waals surface area contributed by atoms with Gasteiger partial charge in [-0.2, -0.15) is 57.0 Å². The summed E-state index contributed by atoms with van der Waals surface area (Å²) in [5.41, 5.74) is -2.10. The van der Waals surface area contributed by atoms with Crippen LogP contribution in [-0.2, 0) is 29.7 Å². The molecule has 488 valence electrons. The lowest BCUT2D eigenvalue weighted by Gasteiger charge is -2.44. The lowest BCUT2D eigenvalue weighted by atomic mass is 10.0. The number of aromatic hydroxyl groups is 2. The van der Waals surface area contributed by atoms with Crippen LogP contribution in [0.2, 0.25) is 0 Å². The minimum Gasteiger partial charge on any atom is -0.505 e. The van der Waals surface area contributed by atoms with Gasteiger partial charge in [-0.25, -0.2) is 19.2 Å². The van der Waals surface area contributed by atoms with Crippen molar-refractivity contribution in [3.05, 3.63) is 106 Å². The molecule has 0 radical (unpaired) electrons. The van der Waals surface area contributed by atoms with E-state index in [1.807, 2.05) is 33.4 Å². The Morgan fingerprint density at radius 1 is 0.479 bits per heavy atom. The molecule has 8 aromatic rings. The number of benzene rings is 6. The standard InChI is InChI=1S/C58H56N16O18S2/c1-27-13-31-21-39(93(85,86)87)23-41(43(31)47(75)45(27)69-67-37-17-33(49(77)78)15-34(18-37)50(79)80)59-53-61-55(71-5-9-91-10-6-71)65-57(63-53)73-25-30(4)74(26-29(73)3)58-64-54(62-56(66-58)72-7-11-92-12-8-72)60-42-24-40(94(88,89)90)22-32-14-28(2)46(48(76)44(32)42)70-68-38-19-35(51(81)82)16-36(20-38)52(83)84/h13-24,29-30,75-76H,5-12,25-26H2,1-4H3,(H,77,78)(H,79,80)(H,81,82)(H,83,84)(H,85,86,87)(H,88,89,90)(H,59,61,63,65)(H,60,62,64,66). The molecule has 2 unspecified atom stereocenters. The maximum Gasteiger partial charge on any atom is 0.335 e. The molecule has 0 bridgehead atoms. The van der Waals surface area contributed by atoms with Gasteiger partial charge in [0.05, 0.1) is 81.2 Å². The Bertz CT molecular complexity index is 4400. The van der Waals surface area contributed by atoms with Gasteiger partial charge < -0.3 is 70.3 Å². The molecule has 10 N–H and O–H groups in total. The lowest BCUT2D eigenvalue weighted by molar-refractivity contribution is 0.0676. The molecule has 5 heterocycles. The number of anilines is 8. The molecule has 11 rings (SSSR count). The average molecular weight is 1330 g/mol. The number of aryl methyl sites for hydroxylation is 2. The number of aromatic nitrogens is 6. The van der Waals surface area contributed by atoms with Crippen LogP contribution in [0.25, 0.3) is 21.5 Å². The summed E-state index contributed by atoms with van der Waals surface area (Å²) in [5.74, 6) is -6.53. The first-order chi connectivity index (χ1) is 44.6. The van der Waals surface area contributed by atoms with Crippen molar-refractivity contribution in [1.82, 2.24) is 29.9 Å². The number of carboxylic acid groups (broad SMARTS) is 4. The predicted molar refractivity (Wildman–Crippen MR) is 335 cm³/mol. The average Bonchev–Trinajstić information content (AvgIpc) is 0.772. The fourth-order valence-corrected chi connectivity index (χ4v) is 11.9. The second-order valence-corrected chi connectivity index (χ2v) is 24.8. The van der Waals surface area contributed by atoms with Crippen LogP contribution in [-0.4, -0.2) is 188 Å². The monoisotopic (exact) mass is 1330 g/mol. The van der Waals surface area contributed by atoms with Crippen LogP contribution in [0.4, 0.5) is 69.8 Å². The van der Waals surface area contributed by atoms with E-state index in [9.17, 15) is 75.8 Å². The van der Waals surface area contributed by atoms with Gasteiger partial charge in [-0.15, -0.1) is 10.2 Å². The highest BCUT2D eigenvalue weighted by Gasteiger charge is 2.35. The van der Waals surface area contributed by atoms with Crippen molar-refractivity contribution in [1.29, 1.82) is 0 Å². The van der Waals surface area contributed by atoms with Gasteiger partial charge in [0, 0.05) is 62.1 Å². The number of ether oxygens (including phenoxy) is 2. The van der Waals surface area contributed by atoms with Gasteiger partial charge >= 0.3 is 23.9 Å². The quantitative estimate of drug-likeness (QED) is 0.0289. The molecule has 3 saturated heterocycles. The normalized spacial score (nSPS) is 16.5. The van der Waals surface area contributed by atoms with E-state index in [-0.39, 0.29) is 116 Å². The van der Waals surface area contributed by atoms with Crippen molar-refractivity contribution in [2.45, 2.75) is 49.6 Å². The summed E-state index contributed by atoms with van der Waals surface area (Å²) in [6, 6.07) is 12.5. The van der Waals surface area contributed by atoms with E-state index in [2.05, 4.69) is 31.1 Å². The number of piperazine rings is 1. The SMILES string of the molecule is Cc1cc2cc(S(=O)(=O)O)cc(Nc3nc(N4CCOCC4)nc(N4CC(C)N(c5nc(Nc6cc(S(=O)(=O)O)cc7cc(C)c(N=Nc8cc(C(=O)O)cc(C(=O)O)c8)c(O)c67)nc(N6CCOCC6)n5)CC4C)n3)c2c(O)c1N=Nc1cc(C(=O)O)cc(C(=O)O)c1. The van der Waals surface area contributed by atoms with E-state index in [0.29, 0.717) is 52.6 Å². The molecule has 6 aromatic carbocycles. The number of hydrogen-bond donors (Lipinski definition) is 10. The summed E-state index contributed by atoms with van der Waals surface area (Å²) in [7, 11) is -9.84. The number of nitrogens with one attached hydrogen (secondary N) is 2. The van der Waals surface area contributed by atoms with Gasteiger partial charge in [0.1, 0.15) is 11.4 Å². The number of phenolic OH excluding ortho intramolecular Hbond substituents is 2. The molecule has 3 aliphatic rings.